The largest absolute Gasteiger partial charge is 0.497 e. The molecule has 0 saturated carbocycles. The zero-order valence-corrected chi connectivity index (χ0v) is 11.8. The van der Waals surface area contributed by atoms with Crippen molar-refractivity contribution in [3.8, 4) is 5.75 Å². The molecule has 1 aromatic carbocycles. The van der Waals surface area contributed by atoms with Gasteiger partial charge in [0.25, 0.3) is 0 Å². The molecular weight excluding hydrogens is 228 g/mol. The predicted octanol–water partition coefficient (Wildman–Crippen LogP) is 1.53. The van der Waals surface area contributed by atoms with Crippen molar-refractivity contribution in [3.05, 3.63) is 29.8 Å². The SMILES string of the molecule is CNC(CN(C)CCOC)c1cccc(OC)c1. The molecule has 1 atom stereocenters. The Kier molecular flexibility index (Phi) is 6.72. The molecule has 0 spiro atoms. The Bertz CT molecular complexity index is 344. The van der Waals surface area contributed by atoms with Crippen molar-refractivity contribution >= 4 is 0 Å². The van der Waals surface area contributed by atoms with Gasteiger partial charge in [-0.1, -0.05) is 12.1 Å². The molecule has 0 aromatic heterocycles. The summed E-state index contributed by atoms with van der Waals surface area (Å²) in [5.74, 6) is 0.896. The number of nitrogens with zero attached hydrogens (tertiary/aromatic N) is 1. The zero-order chi connectivity index (χ0) is 13.4. The van der Waals surface area contributed by atoms with Gasteiger partial charge in [-0.25, -0.2) is 0 Å². The molecule has 0 saturated heterocycles. The van der Waals surface area contributed by atoms with E-state index in [9.17, 15) is 0 Å². The van der Waals surface area contributed by atoms with Crippen molar-refractivity contribution in [2.24, 2.45) is 0 Å². The van der Waals surface area contributed by atoms with Crippen LogP contribution in [0, 0.1) is 0 Å². The lowest BCUT2D eigenvalue weighted by Crippen LogP contribution is -2.33. The van der Waals surface area contributed by atoms with E-state index >= 15 is 0 Å². The maximum Gasteiger partial charge on any atom is 0.119 e. The first-order chi connectivity index (χ1) is 8.71. The molecule has 1 rings (SSSR count). The first-order valence-corrected chi connectivity index (χ1v) is 6.20. The smallest absolute Gasteiger partial charge is 0.119 e. The van der Waals surface area contributed by atoms with Gasteiger partial charge in [0.2, 0.25) is 0 Å². The van der Waals surface area contributed by atoms with Crippen LogP contribution < -0.4 is 10.1 Å². The van der Waals surface area contributed by atoms with Crippen molar-refractivity contribution in [3.63, 3.8) is 0 Å². The molecule has 0 fully saturated rings. The standard InChI is InChI=1S/C14H24N2O2/c1-15-14(11-16(2)8-9-17-3)12-6-5-7-13(10-12)18-4/h5-7,10,14-15H,8-9,11H2,1-4H3. The number of likely N-dealkylation sites (N-methyl/N-ethyl adjacent to an activating group) is 2. The fourth-order valence-corrected chi connectivity index (χ4v) is 1.87. The van der Waals surface area contributed by atoms with Gasteiger partial charge >= 0.3 is 0 Å². The Labute approximate surface area is 110 Å². The molecule has 0 bridgehead atoms. The molecule has 0 aliphatic heterocycles. The van der Waals surface area contributed by atoms with E-state index in [2.05, 4.69) is 29.4 Å². The van der Waals surface area contributed by atoms with Gasteiger partial charge in [-0.05, 0) is 31.8 Å². The van der Waals surface area contributed by atoms with Crippen LogP contribution in [0.25, 0.3) is 0 Å². The molecule has 0 aliphatic rings. The third kappa shape index (κ3) is 4.64. The van der Waals surface area contributed by atoms with Crippen LogP contribution in [-0.4, -0.2) is 52.9 Å². The van der Waals surface area contributed by atoms with Crippen molar-refractivity contribution in [2.45, 2.75) is 6.04 Å². The molecule has 18 heavy (non-hydrogen) atoms. The molecule has 0 aliphatic carbocycles. The van der Waals surface area contributed by atoms with Crippen LogP contribution in [0.4, 0.5) is 0 Å². The summed E-state index contributed by atoms with van der Waals surface area (Å²) in [6.45, 7) is 2.62. The fourth-order valence-electron chi connectivity index (χ4n) is 1.87. The summed E-state index contributed by atoms with van der Waals surface area (Å²) in [5.41, 5.74) is 1.24. The third-order valence-electron chi connectivity index (χ3n) is 3.02. The van der Waals surface area contributed by atoms with Gasteiger partial charge in [-0.2, -0.15) is 0 Å². The van der Waals surface area contributed by atoms with Crippen LogP contribution in [0.5, 0.6) is 5.75 Å². The highest BCUT2D eigenvalue weighted by molar-refractivity contribution is 5.30. The summed E-state index contributed by atoms with van der Waals surface area (Å²) in [4.78, 5) is 2.25. The van der Waals surface area contributed by atoms with E-state index in [0.717, 1.165) is 25.4 Å². The van der Waals surface area contributed by atoms with E-state index in [-0.39, 0.29) is 0 Å². The predicted molar refractivity (Wildman–Crippen MR) is 74.2 cm³/mol. The van der Waals surface area contributed by atoms with Gasteiger partial charge in [0.1, 0.15) is 5.75 Å². The van der Waals surface area contributed by atoms with E-state index in [1.807, 2.05) is 19.2 Å². The second-order valence-corrected chi connectivity index (χ2v) is 4.37. The number of benzene rings is 1. The second-order valence-electron chi connectivity index (χ2n) is 4.37. The minimum absolute atomic E-state index is 0.293. The Morgan fingerprint density at radius 1 is 1.33 bits per heavy atom. The molecule has 4 nitrogen and oxygen atoms in total. The van der Waals surface area contributed by atoms with E-state index in [0.29, 0.717) is 6.04 Å². The van der Waals surface area contributed by atoms with Gasteiger partial charge < -0.3 is 19.7 Å². The van der Waals surface area contributed by atoms with Crippen LogP contribution in [0.15, 0.2) is 24.3 Å². The molecule has 102 valence electrons. The van der Waals surface area contributed by atoms with E-state index in [4.69, 9.17) is 9.47 Å². The second kappa shape index (κ2) is 8.08. The Hall–Kier alpha value is -1.10. The highest BCUT2D eigenvalue weighted by Crippen LogP contribution is 2.19. The average Bonchev–Trinajstić information content (AvgIpc) is 2.42. The van der Waals surface area contributed by atoms with E-state index in [1.165, 1.54) is 5.56 Å². The molecule has 0 radical (unpaired) electrons. The molecule has 0 heterocycles. The number of nitrogens with one attached hydrogen (secondary N) is 1. The summed E-state index contributed by atoms with van der Waals surface area (Å²) >= 11 is 0. The number of rotatable bonds is 8. The summed E-state index contributed by atoms with van der Waals surface area (Å²) in [6.07, 6.45) is 0. The van der Waals surface area contributed by atoms with Gasteiger partial charge in [-0.15, -0.1) is 0 Å². The molecule has 1 unspecified atom stereocenters. The molecule has 4 heteroatoms. The normalized spacial score (nSPS) is 12.7. The molecule has 1 N–H and O–H groups in total. The Balaban J connectivity index is 2.64. The fraction of sp³-hybridized carbons (Fsp3) is 0.571. The van der Waals surface area contributed by atoms with Crippen molar-refractivity contribution in [2.75, 3.05) is 48.0 Å². The number of hydrogen-bond donors (Lipinski definition) is 1. The minimum atomic E-state index is 0.293. The minimum Gasteiger partial charge on any atom is -0.497 e. The first kappa shape index (κ1) is 15.0. The third-order valence-corrected chi connectivity index (χ3v) is 3.02. The van der Waals surface area contributed by atoms with E-state index in [1.54, 1.807) is 14.2 Å². The number of ether oxygens (including phenoxy) is 2. The summed E-state index contributed by atoms with van der Waals surface area (Å²) < 4.78 is 10.3. The van der Waals surface area contributed by atoms with Crippen LogP contribution in [0.3, 0.4) is 0 Å². The van der Waals surface area contributed by atoms with Crippen LogP contribution >= 0.6 is 0 Å². The summed E-state index contributed by atoms with van der Waals surface area (Å²) in [6, 6.07) is 8.47. The molecule has 1 aromatic rings. The lowest BCUT2D eigenvalue weighted by Gasteiger charge is -2.24. The quantitative estimate of drug-likeness (QED) is 0.761. The highest BCUT2D eigenvalue weighted by atomic mass is 16.5. The lowest BCUT2D eigenvalue weighted by molar-refractivity contribution is 0.156. The van der Waals surface area contributed by atoms with E-state index < -0.39 is 0 Å². The summed E-state index contributed by atoms with van der Waals surface area (Å²) in [7, 11) is 7.50. The van der Waals surface area contributed by atoms with Crippen LogP contribution in [0.1, 0.15) is 11.6 Å². The van der Waals surface area contributed by atoms with Crippen molar-refractivity contribution in [1.82, 2.24) is 10.2 Å². The maximum absolute atomic E-state index is 5.26. The van der Waals surface area contributed by atoms with Gasteiger partial charge in [0, 0.05) is 26.2 Å². The first-order valence-electron chi connectivity index (χ1n) is 6.20. The molecule has 0 amide bonds. The number of hydrogen-bond acceptors (Lipinski definition) is 4. The van der Waals surface area contributed by atoms with Gasteiger partial charge in [0.05, 0.1) is 13.7 Å². The highest BCUT2D eigenvalue weighted by Gasteiger charge is 2.12. The Morgan fingerprint density at radius 2 is 2.11 bits per heavy atom. The monoisotopic (exact) mass is 252 g/mol. The average molecular weight is 252 g/mol. The Morgan fingerprint density at radius 3 is 2.72 bits per heavy atom. The summed E-state index contributed by atoms with van der Waals surface area (Å²) in [5, 5.41) is 3.34. The van der Waals surface area contributed by atoms with Crippen molar-refractivity contribution in [1.29, 1.82) is 0 Å². The van der Waals surface area contributed by atoms with Gasteiger partial charge in [-0.3, -0.25) is 0 Å². The topological polar surface area (TPSA) is 33.7 Å². The molecular formula is C14H24N2O2. The number of methoxy groups -OCH3 is 2. The van der Waals surface area contributed by atoms with Gasteiger partial charge in [0.15, 0.2) is 0 Å². The maximum atomic E-state index is 5.26. The van der Waals surface area contributed by atoms with Crippen molar-refractivity contribution < 1.29 is 9.47 Å². The van der Waals surface area contributed by atoms with Crippen LogP contribution in [0.2, 0.25) is 0 Å². The zero-order valence-electron chi connectivity index (χ0n) is 11.8. The van der Waals surface area contributed by atoms with Crippen LogP contribution in [-0.2, 0) is 4.74 Å². The lowest BCUT2D eigenvalue weighted by atomic mass is 10.1.